The Bertz CT molecular complexity index is 690. The van der Waals surface area contributed by atoms with Crippen molar-refractivity contribution in [2.75, 3.05) is 0 Å². The molecule has 0 fully saturated rings. The van der Waals surface area contributed by atoms with E-state index < -0.39 is 0 Å². The van der Waals surface area contributed by atoms with Gasteiger partial charge in [0.05, 0.1) is 0 Å². The molecular weight excluding hydrogens is 256 g/mol. The SMILES string of the molecule is CC(C)c1ccc(/C=C2/CCc3ccccc3C2=O)cc1. The van der Waals surface area contributed by atoms with Crippen LogP contribution >= 0.6 is 0 Å². The number of fused-ring (bicyclic) bond motifs is 1. The van der Waals surface area contributed by atoms with Crippen LogP contribution in [0.1, 0.15) is 53.2 Å². The van der Waals surface area contributed by atoms with E-state index in [0.29, 0.717) is 5.92 Å². The molecule has 0 atom stereocenters. The van der Waals surface area contributed by atoms with Crippen LogP contribution in [-0.2, 0) is 6.42 Å². The number of ketones is 1. The van der Waals surface area contributed by atoms with Gasteiger partial charge >= 0.3 is 0 Å². The summed E-state index contributed by atoms with van der Waals surface area (Å²) in [6.07, 6.45) is 3.84. The molecule has 0 aromatic heterocycles. The lowest BCUT2D eigenvalue weighted by Gasteiger charge is -2.17. The number of hydrogen-bond donors (Lipinski definition) is 0. The molecular formula is C20H20O. The van der Waals surface area contributed by atoms with Crippen molar-refractivity contribution in [3.63, 3.8) is 0 Å². The number of benzene rings is 2. The highest BCUT2D eigenvalue weighted by atomic mass is 16.1. The first-order valence-corrected chi connectivity index (χ1v) is 7.58. The van der Waals surface area contributed by atoms with E-state index in [1.807, 2.05) is 24.3 Å². The van der Waals surface area contributed by atoms with Gasteiger partial charge < -0.3 is 0 Å². The van der Waals surface area contributed by atoms with Crippen molar-refractivity contribution in [1.82, 2.24) is 0 Å². The van der Waals surface area contributed by atoms with Gasteiger partial charge in [-0.2, -0.15) is 0 Å². The molecule has 3 rings (SSSR count). The summed E-state index contributed by atoms with van der Waals surface area (Å²) in [4.78, 5) is 12.5. The van der Waals surface area contributed by atoms with Crippen molar-refractivity contribution >= 4 is 11.9 Å². The summed E-state index contributed by atoms with van der Waals surface area (Å²) >= 11 is 0. The lowest BCUT2D eigenvalue weighted by atomic mass is 9.86. The molecule has 1 nitrogen and oxygen atoms in total. The molecule has 1 aliphatic rings. The van der Waals surface area contributed by atoms with Crippen LogP contribution in [0.15, 0.2) is 54.1 Å². The maximum atomic E-state index is 12.5. The molecule has 0 unspecified atom stereocenters. The van der Waals surface area contributed by atoms with Crippen molar-refractivity contribution in [2.24, 2.45) is 0 Å². The number of allylic oxidation sites excluding steroid dienone is 1. The van der Waals surface area contributed by atoms with E-state index in [2.05, 4.69) is 44.2 Å². The second-order valence-corrected chi connectivity index (χ2v) is 5.98. The zero-order valence-electron chi connectivity index (χ0n) is 12.6. The Hall–Kier alpha value is -2.15. The summed E-state index contributed by atoms with van der Waals surface area (Å²) in [5, 5.41) is 0. The predicted molar refractivity (Wildman–Crippen MR) is 87.6 cm³/mol. The zero-order chi connectivity index (χ0) is 14.8. The molecule has 0 bridgehead atoms. The molecule has 0 heterocycles. The summed E-state index contributed by atoms with van der Waals surface area (Å²) < 4.78 is 0. The quantitative estimate of drug-likeness (QED) is 0.704. The fourth-order valence-electron chi connectivity index (χ4n) is 2.83. The van der Waals surface area contributed by atoms with Gasteiger partial charge in [-0.3, -0.25) is 4.79 Å². The Labute approximate surface area is 126 Å². The summed E-state index contributed by atoms with van der Waals surface area (Å²) in [5.41, 5.74) is 5.41. The molecule has 0 spiro atoms. The normalized spacial score (nSPS) is 16.3. The standard InChI is InChI=1S/C20H20O/c1-14(2)16-9-7-15(8-10-16)13-18-12-11-17-5-3-4-6-19(17)20(18)21/h3-10,13-14H,11-12H2,1-2H3/b18-13-. The van der Waals surface area contributed by atoms with Crippen molar-refractivity contribution in [3.8, 4) is 0 Å². The van der Waals surface area contributed by atoms with Crippen LogP contribution in [-0.4, -0.2) is 5.78 Å². The van der Waals surface area contributed by atoms with Crippen molar-refractivity contribution in [1.29, 1.82) is 0 Å². The number of carbonyl (C=O) groups excluding carboxylic acids is 1. The monoisotopic (exact) mass is 276 g/mol. The first kappa shape index (κ1) is 13.8. The molecule has 106 valence electrons. The molecule has 0 radical (unpaired) electrons. The Morgan fingerprint density at radius 3 is 2.38 bits per heavy atom. The van der Waals surface area contributed by atoms with Gasteiger partial charge in [0, 0.05) is 11.1 Å². The second kappa shape index (κ2) is 5.69. The maximum absolute atomic E-state index is 12.5. The van der Waals surface area contributed by atoms with Crippen LogP contribution in [0.4, 0.5) is 0 Å². The molecule has 2 aromatic carbocycles. The van der Waals surface area contributed by atoms with Crippen LogP contribution in [0.3, 0.4) is 0 Å². The average molecular weight is 276 g/mol. The number of aryl methyl sites for hydroxylation is 1. The van der Waals surface area contributed by atoms with Crippen LogP contribution < -0.4 is 0 Å². The summed E-state index contributed by atoms with van der Waals surface area (Å²) in [5.74, 6) is 0.722. The Morgan fingerprint density at radius 1 is 0.952 bits per heavy atom. The minimum Gasteiger partial charge on any atom is -0.289 e. The topological polar surface area (TPSA) is 17.1 Å². The minimum atomic E-state index is 0.185. The summed E-state index contributed by atoms with van der Waals surface area (Å²) in [7, 11) is 0. The molecule has 1 heteroatoms. The molecule has 0 aliphatic heterocycles. The minimum absolute atomic E-state index is 0.185. The average Bonchev–Trinajstić information content (AvgIpc) is 2.51. The number of carbonyl (C=O) groups is 1. The zero-order valence-corrected chi connectivity index (χ0v) is 12.6. The fourth-order valence-corrected chi connectivity index (χ4v) is 2.83. The van der Waals surface area contributed by atoms with Crippen molar-refractivity contribution in [3.05, 3.63) is 76.4 Å². The Balaban J connectivity index is 1.89. The molecule has 1 aliphatic carbocycles. The Kier molecular flexibility index (Phi) is 3.74. The molecule has 0 amide bonds. The highest BCUT2D eigenvalue weighted by Gasteiger charge is 2.20. The van der Waals surface area contributed by atoms with E-state index in [1.165, 1.54) is 11.1 Å². The molecule has 21 heavy (non-hydrogen) atoms. The van der Waals surface area contributed by atoms with Crippen molar-refractivity contribution in [2.45, 2.75) is 32.6 Å². The van der Waals surface area contributed by atoms with E-state index in [0.717, 1.165) is 29.5 Å². The first-order valence-electron chi connectivity index (χ1n) is 7.58. The smallest absolute Gasteiger partial charge is 0.189 e. The molecule has 0 saturated carbocycles. The first-order chi connectivity index (χ1) is 10.1. The molecule has 0 saturated heterocycles. The predicted octanol–water partition coefficient (Wildman–Crippen LogP) is 5.02. The van der Waals surface area contributed by atoms with Crippen molar-refractivity contribution < 1.29 is 4.79 Å². The van der Waals surface area contributed by atoms with E-state index >= 15 is 0 Å². The number of hydrogen-bond acceptors (Lipinski definition) is 1. The summed E-state index contributed by atoms with van der Waals surface area (Å²) in [6, 6.07) is 16.5. The maximum Gasteiger partial charge on any atom is 0.189 e. The van der Waals surface area contributed by atoms with Gasteiger partial charge in [0.25, 0.3) is 0 Å². The van der Waals surface area contributed by atoms with Crippen LogP contribution in [0.2, 0.25) is 0 Å². The lowest BCUT2D eigenvalue weighted by Crippen LogP contribution is -2.13. The fraction of sp³-hybridized carbons (Fsp3) is 0.250. The van der Waals surface area contributed by atoms with Gasteiger partial charge in [-0.1, -0.05) is 62.4 Å². The second-order valence-electron chi connectivity index (χ2n) is 5.98. The highest BCUT2D eigenvalue weighted by Crippen LogP contribution is 2.26. The largest absolute Gasteiger partial charge is 0.289 e. The van der Waals surface area contributed by atoms with Crippen LogP contribution in [0.5, 0.6) is 0 Å². The number of rotatable bonds is 2. The molecule has 0 N–H and O–H groups in total. The van der Waals surface area contributed by atoms with E-state index in [1.54, 1.807) is 0 Å². The third kappa shape index (κ3) is 2.82. The third-order valence-corrected chi connectivity index (χ3v) is 4.16. The van der Waals surface area contributed by atoms with Gasteiger partial charge in [0.15, 0.2) is 5.78 Å². The van der Waals surface area contributed by atoms with Crippen LogP contribution in [0, 0.1) is 0 Å². The summed E-state index contributed by atoms with van der Waals surface area (Å²) in [6.45, 7) is 4.38. The Morgan fingerprint density at radius 2 is 1.67 bits per heavy atom. The van der Waals surface area contributed by atoms with Gasteiger partial charge in [-0.15, -0.1) is 0 Å². The van der Waals surface area contributed by atoms with Crippen LogP contribution in [0.25, 0.3) is 6.08 Å². The van der Waals surface area contributed by atoms with Gasteiger partial charge in [0.2, 0.25) is 0 Å². The van der Waals surface area contributed by atoms with E-state index in [4.69, 9.17) is 0 Å². The van der Waals surface area contributed by atoms with Gasteiger partial charge in [-0.25, -0.2) is 0 Å². The van der Waals surface area contributed by atoms with Gasteiger partial charge in [0.1, 0.15) is 0 Å². The number of Topliss-reactive ketones (excluding diaryl/α,β-unsaturated/α-hetero) is 1. The third-order valence-electron chi connectivity index (χ3n) is 4.16. The van der Waals surface area contributed by atoms with Gasteiger partial charge in [-0.05, 0) is 41.5 Å². The van der Waals surface area contributed by atoms with E-state index in [9.17, 15) is 4.79 Å². The highest BCUT2D eigenvalue weighted by molar-refractivity contribution is 6.13. The lowest BCUT2D eigenvalue weighted by molar-refractivity contribution is 0.102. The van der Waals surface area contributed by atoms with E-state index in [-0.39, 0.29) is 5.78 Å². The molecule has 2 aromatic rings.